The highest BCUT2D eigenvalue weighted by Gasteiger charge is 2.48. The molecule has 0 aromatic carbocycles. The molecule has 0 amide bonds. The van der Waals surface area contributed by atoms with Crippen molar-refractivity contribution >= 4 is 0 Å². The Hall–Kier alpha value is -0.560. The van der Waals surface area contributed by atoms with Gasteiger partial charge in [0.1, 0.15) is 0 Å². The van der Waals surface area contributed by atoms with Crippen molar-refractivity contribution in [3.63, 3.8) is 0 Å². The van der Waals surface area contributed by atoms with Gasteiger partial charge in [0.05, 0.1) is 0 Å². The van der Waals surface area contributed by atoms with Crippen molar-refractivity contribution in [1.29, 1.82) is 0 Å². The highest BCUT2D eigenvalue weighted by Crippen LogP contribution is 2.55. The molecular formula is C17H30O. The van der Waals surface area contributed by atoms with Crippen molar-refractivity contribution in [1.82, 2.24) is 0 Å². The highest BCUT2D eigenvalue weighted by molar-refractivity contribution is 5.05. The first kappa shape index (κ1) is 15.5. The minimum absolute atomic E-state index is 0.375. The predicted octanol–water partition coefficient (Wildman–Crippen LogP) is 4.87. The average molecular weight is 250 g/mol. The summed E-state index contributed by atoms with van der Waals surface area (Å²) in [6.07, 6.45) is 11.9. The molecule has 1 aliphatic carbocycles. The summed E-state index contributed by atoms with van der Waals surface area (Å²) >= 11 is 0. The van der Waals surface area contributed by atoms with Crippen molar-refractivity contribution in [3.05, 3.63) is 23.3 Å². The van der Waals surface area contributed by atoms with Crippen LogP contribution in [0.3, 0.4) is 0 Å². The van der Waals surface area contributed by atoms with E-state index < -0.39 is 0 Å². The molecule has 0 spiro atoms. The van der Waals surface area contributed by atoms with Crippen molar-refractivity contribution in [3.8, 4) is 0 Å². The Bertz CT molecular complexity index is 314. The summed E-state index contributed by atoms with van der Waals surface area (Å²) < 4.78 is 0. The molecule has 1 rings (SSSR count). The molecule has 0 aromatic rings. The van der Waals surface area contributed by atoms with Gasteiger partial charge in [0.15, 0.2) is 0 Å². The van der Waals surface area contributed by atoms with Gasteiger partial charge in [0.2, 0.25) is 0 Å². The molecule has 1 heteroatoms. The van der Waals surface area contributed by atoms with Crippen LogP contribution in [-0.2, 0) is 0 Å². The van der Waals surface area contributed by atoms with Crippen LogP contribution in [0, 0.1) is 11.3 Å². The third kappa shape index (κ3) is 4.97. The van der Waals surface area contributed by atoms with Gasteiger partial charge < -0.3 is 5.11 Å². The second kappa shape index (κ2) is 7.13. The molecule has 1 N–H and O–H groups in total. The first-order chi connectivity index (χ1) is 8.51. The average Bonchev–Trinajstić information content (AvgIpc) is 3.00. The molecular weight excluding hydrogens is 220 g/mol. The minimum atomic E-state index is 0.375. The van der Waals surface area contributed by atoms with E-state index in [9.17, 15) is 0 Å². The van der Waals surface area contributed by atoms with Crippen molar-refractivity contribution in [2.75, 3.05) is 6.61 Å². The third-order valence-corrected chi connectivity index (χ3v) is 4.56. The lowest BCUT2D eigenvalue weighted by atomic mass is 9.98. The largest absolute Gasteiger partial charge is 0.396 e. The number of hydrogen-bond acceptors (Lipinski definition) is 1. The zero-order chi connectivity index (χ0) is 13.6. The van der Waals surface area contributed by atoms with E-state index in [4.69, 9.17) is 5.11 Å². The molecule has 0 radical (unpaired) electrons. The van der Waals surface area contributed by atoms with Gasteiger partial charge in [-0.3, -0.25) is 0 Å². The summed E-state index contributed by atoms with van der Waals surface area (Å²) in [6, 6.07) is 0. The van der Waals surface area contributed by atoms with Crippen LogP contribution in [0.4, 0.5) is 0 Å². The molecule has 0 aromatic heterocycles. The Kier molecular flexibility index (Phi) is 6.14. The van der Waals surface area contributed by atoms with Crippen molar-refractivity contribution < 1.29 is 5.11 Å². The Morgan fingerprint density at radius 1 is 1.22 bits per heavy atom. The van der Waals surface area contributed by atoms with E-state index in [0.29, 0.717) is 17.9 Å². The van der Waals surface area contributed by atoms with E-state index in [1.54, 1.807) is 0 Å². The van der Waals surface area contributed by atoms with Gasteiger partial charge in [0, 0.05) is 6.61 Å². The molecule has 1 nitrogen and oxygen atoms in total. The van der Waals surface area contributed by atoms with Gasteiger partial charge in [-0.2, -0.15) is 0 Å². The Morgan fingerprint density at radius 3 is 2.44 bits per heavy atom. The maximum Gasteiger partial charge on any atom is 0.0464 e. The number of aliphatic hydroxyl groups excluding tert-OH is 1. The van der Waals surface area contributed by atoms with E-state index in [2.05, 4.69) is 39.8 Å². The number of allylic oxidation sites excluding steroid dienone is 4. The highest BCUT2D eigenvalue weighted by atomic mass is 16.3. The van der Waals surface area contributed by atoms with Gasteiger partial charge in [-0.05, 0) is 63.7 Å². The monoisotopic (exact) mass is 250 g/mol. The van der Waals surface area contributed by atoms with Gasteiger partial charge in [0.25, 0.3) is 0 Å². The van der Waals surface area contributed by atoms with Gasteiger partial charge in [-0.25, -0.2) is 0 Å². The summed E-state index contributed by atoms with van der Waals surface area (Å²) in [5, 5.41) is 9.12. The first-order valence-corrected chi connectivity index (χ1v) is 7.44. The molecule has 0 bridgehead atoms. The Labute approximate surface area is 113 Å². The second-order valence-corrected chi connectivity index (χ2v) is 6.27. The van der Waals surface area contributed by atoms with Crippen molar-refractivity contribution in [2.45, 2.75) is 66.2 Å². The van der Waals surface area contributed by atoms with E-state index in [1.165, 1.54) is 49.7 Å². The van der Waals surface area contributed by atoms with Gasteiger partial charge in [-0.15, -0.1) is 0 Å². The standard InChI is InChI=1S/C17H30O/c1-5-14(2)8-6-9-15(3)10-7-11-17(4)12-16(17)13-18/h8,10,16,18H,5-7,9,11-13H2,1-4H3/b14-8+,15-10+/t16-,17+/m1/s1. The topological polar surface area (TPSA) is 20.2 Å². The minimum Gasteiger partial charge on any atom is -0.396 e. The summed E-state index contributed by atoms with van der Waals surface area (Å²) in [6.45, 7) is 9.35. The van der Waals surface area contributed by atoms with Crippen LogP contribution in [0.25, 0.3) is 0 Å². The molecule has 1 saturated carbocycles. The lowest BCUT2D eigenvalue weighted by Crippen LogP contribution is -2.00. The maximum absolute atomic E-state index is 9.12. The van der Waals surface area contributed by atoms with Crippen LogP contribution in [0.5, 0.6) is 0 Å². The summed E-state index contributed by atoms with van der Waals surface area (Å²) in [7, 11) is 0. The fourth-order valence-corrected chi connectivity index (χ4v) is 2.54. The predicted molar refractivity (Wildman–Crippen MR) is 79.6 cm³/mol. The molecule has 0 heterocycles. The normalized spacial score (nSPS) is 28.6. The third-order valence-electron chi connectivity index (χ3n) is 4.56. The van der Waals surface area contributed by atoms with E-state index in [-0.39, 0.29) is 0 Å². The van der Waals surface area contributed by atoms with Crippen LogP contribution in [0.2, 0.25) is 0 Å². The van der Waals surface area contributed by atoms with Crippen LogP contribution in [0.15, 0.2) is 23.3 Å². The summed E-state index contributed by atoms with van der Waals surface area (Å²) in [5.41, 5.74) is 3.45. The Balaban J connectivity index is 2.18. The second-order valence-electron chi connectivity index (χ2n) is 6.27. The molecule has 18 heavy (non-hydrogen) atoms. The van der Waals surface area contributed by atoms with Crippen molar-refractivity contribution in [2.24, 2.45) is 11.3 Å². The zero-order valence-electron chi connectivity index (χ0n) is 12.6. The van der Waals surface area contributed by atoms with E-state index >= 15 is 0 Å². The molecule has 1 aliphatic rings. The SMILES string of the molecule is CC/C(C)=C/CC/C(C)=C/CC[C@@]1(C)C[C@@H]1CO. The quantitative estimate of drug-likeness (QED) is 0.609. The van der Waals surface area contributed by atoms with E-state index in [1.807, 2.05) is 0 Å². The first-order valence-electron chi connectivity index (χ1n) is 7.44. The lowest BCUT2D eigenvalue weighted by molar-refractivity contribution is 0.250. The lowest BCUT2D eigenvalue weighted by Gasteiger charge is -2.08. The molecule has 1 fully saturated rings. The number of aliphatic hydroxyl groups is 1. The molecule has 0 unspecified atom stereocenters. The molecule has 0 aliphatic heterocycles. The molecule has 104 valence electrons. The van der Waals surface area contributed by atoms with Gasteiger partial charge >= 0.3 is 0 Å². The number of rotatable bonds is 8. The maximum atomic E-state index is 9.12. The zero-order valence-corrected chi connectivity index (χ0v) is 12.6. The van der Waals surface area contributed by atoms with Gasteiger partial charge in [-0.1, -0.05) is 37.1 Å². The number of hydrogen-bond donors (Lipinski definition) is 1. The smallest absolute Gasteiger partial charge is 0.0464 e. The van der Waals surface area contributed by atoms with Crippen LogP contribution < -0.4 is 0 Å². The fourth-order valence-electron chi connectivity index (χ4n) is 2.54. The fraction of sp³-hybridized carbons (Fsp3) is 0.765. The van der Waals surface area contributed by atoms with E-state index in [0.717, 1.165) is 0 Å². The molecule has 2 atom stereocenters. The Morgan fingerprint density at radius 2 is 1.89 bits per heavy atom. The van der Waals surface area contributed by atoms with Crippen LogP contribution in [-0.4, -0.2) is 11.7 Å². The van der Waals surface area contributed by atoms with Crippen LogP contribution in [0.1, 0.15) is 66.2 Å². The summed E-state index contributed by atoms with van der Waals surface area (Å²) in [5.74, 6) is 0.571. The van der Waals surface area contributed by atoms with Crippen LogP contribution >= 0.6 is 0 Å². The summed E-state index contributed by atoms with van der Waals surface area (Å²) in [4.78, 5) is 0. The molecule has 0 saturated heterocycles.